The molecular weight excluding hydrogens is 120 g/mol. The normalized spacial score (nSPS) is 6.89. The summed E-state index contributed by atoms with van der Waals surface area (Å²) < 4.78 is 0. The van der Waals surface area contributed by atoms with Crippen molar-refractivity contribution in [2.24, 2.45) is 0 Å². The minimum Gasteiger partial charge on any atom is -0.450 e. The number of hydrogen-bond acceptors (Lipinski definition) is 1. The molecule has 0 aliphatic rings. The van der Waals surface area contributed by atoms with Gasteiger partial charge >= 0.3 is 6.16 Å². The number of allylic oxidation sites excluding steroid dienone is 1. The molecule has 0 radical (unpaired) electrons. The highest BCUT2D eigenvalue weighted by Crippen LogP contribution is 1.88. The fourth-order valence-corrected chi connectivity index (χ4v) is 0. The Morgan fingerprint density at radius 3 is 1.67 bits per heavy atom. The van der Waals surface area contributed by atoms with Crippen LogP contribution in [0.3, 0.4) is 0 Å². The Labute approximate surface area is 54.6 Å². The van der Waals surface area contributed by atoms with E-state index in [1.165, 1.54) is 5.57 Å². The maximum absolute atomic E-state index is 8.56. The Hall–Kier alpha value is -0.990. The van der Waals surface area contributed by atoms with Crippen molar-refractivity contribution in [3.63, 3.8) is 0 Å². The van der Waals surface area contributed by atoms with Crippen LogP contribution in [0.1, 0.15) is 20.3 Å². The second-order valence-electron chi connectivity index (χ2n) is 1.59. The molecule has 0 heterocycles. The molecular formula is C6H12O3. The van der Waals surface area contributed by atoms with E-state index in [9.17, 15) is 0 Å². The molecule has 0 saturated carbocycles. The molecule has 0 saturated heterocycles. The Bertz CT molecular complexity index is 92.5. The lowest BCUT2D eigenvalue weighted by Gasteiger charge is -1.79. The van der Waals surface area contributed by atoms with Gasteiger partial charge in [-0.25, -0.2) is 4.79 Å². The van der Waals surface area contributed by atoms with Crippen molar-refractivity contribution in [1.29, 1.82) is 0 Å². The van der Waals surface area contributed by atoms with Gasteiger partial charge in [0.15, 0.2) is 0 Å². The molecule has 0 unspecified atom stereocenters. The second kappa shape index (κ2) is 7.01. The second-order valence-corrected chi connectivity index (χ2v) is 1.59. The first-order chi connectivity index (χ1) is 4.00. The van der Waals surface area contributed by atoms with Gasteiger partial charge in [-0.1, -0.05) is 12.5 Å². The Balaban J connectivity index is 0. The summed E-state index contributed by atoms with van der Waals surface area (Å²) in [6.07, 6.45) is -0.722. The van der Waals surface area contributed by atoms with E-state index < -0.39 is 6.16 Å². The fourth-order valence-electron chi connectivity index (χ4n) is 0. The van der Waals surface area contributed by atoms with Crippen LogP contribution in [-0.2, 0) is 0 Å². The highest BCUT2D eigenvalue weighted by molar-refractivity contribution is 5.53. The molecule has 2 N–H and O–H groups in total. The van der Waals surface area contributed by atoms with Gasteiger partial charge in [-0.15, -0.1) is 6.58 Å². The van der Waals surface area contributed by atoms with E-state index in [2.05, 4.69) is 13.5 Å². The van der Waals surface area contributed by atoms with Gasteiger partial charge in [0.1, 0.15) is 0 Å². The zero-order valence-corrected chi connectivity index (χ0v) is 5.72. The van der Waals surface area contributed by atoms with Crippen molar-refractivity contribution >= 4 is 6.16 Å². The predicted molar refractivity (Wildman–Crippen MR) is 35.8 cm³/mol. The van der Waals surface area contributed by atoms with Crippen LogP contribution >= 0.6 is 0 Å². The third kappa shape index (κ3) is 172. The lowest BCUT2D eigenvalue weighted by Crippen LogP contribution is -1.81. The zero-order chi connectivity index (χ0) is 7.86. The summed E-state index contributed by atoms with van der Waals surface area (Å²) >= 11 is 0. The number of carbonyl (C=O) groups is 1. The lowest BCUT2D eigenvalue weighted by atomic mass is 10.3. The maximum Gasteiger partial charge on any atom is 0.503 e. The largest absolute Gasteiger partial charge is 0.503 e. The minimum absolute atomic E-state index is 1.11. The van der Waals surface area contributed by atoms with Crippen LogP contribution in [0, 0.1) is 0 Å². The molecule has 0 rings (SSSR count). The molecule has 54 valence electrons. The van der Waals surface area contributed by atoms with E-state index in [1.807, 2.05) is 6.92 Å². The van der Waals surface area contributed by atoms with Gasteiger partial charge in [0.05, 0.1) is 0 Å². The van der Waals surface area contributed by atoms with E-state index >= 15 is 0 Å². The van der Waals surface area contributed by atoms with Gasteiger partial charge in [0.25, 0.3) is 0 Å². The van der Waals surface area contributed by atoms with Crippen LogP contribution in [0.25, 0.3) is 0 Å². The fraction of sp³-hybridized carbons (Fsp3) is 0.500. The molecule has 0 aromatic heterocycles. The standard InChI is InChI=1S/C5H10.CH2O3/c1-4-5(2)3;2-1(3)4/h2,4H2,1,3H3;(H2,2,3,4). The molecule has 9 heavy (non-hydrogen) atoms. The molecule has 0 aliphatic heterocycles. The Morgan fingerprint density at radius 2 is 1.67 bits per heavy atom. The molecule has 3 heteroatoms. The summed E-state index contributed by atoms with van der Waals surface area (Å²) in [5.74, 6) is 0. The SMILES string of the molecule is C=C(C)CC.O=C(O)O. The van der Waals surface area contributed by atoms with Gasteiger partial charge in [-0.2, -0.15) is 0 Å². The van der Waals surface area contributed by atoms with E-state index in [0.29, 0.717) is 0 Å². The third-order valence-electron chi connectivity index (χ3n) is 0.604. The smallest absolute Gasteiger partial charge is 0.450 e. The van der Waals surface area contributed by atoms with Crippen molar-refractivity contribution < 1.29 is 15.0 Å². The third-order valence-corrected chi connectivity index (χ3v) is 0.604. The van der Waals surface area contributed by atoms with Gasteiger partial charge in [-0.05, 0) is 13.3 Å². The monoisotopic (exact) mass is 132 g/mol. The first-order valence-electron chi connectivity index (χ1n) is 2.57. The van der Waals surface area contributed by atoms with Crippen molar-refractivity contribution in [2.75, 3.05) is 0 Å². The quantitative estimate of drug-likeness (QED) is 0.537. The first-order valence-corrected chi connectivity index (χ1v) is 2.57. The molecule has 0 fully saturated rings. The number of rotatable bonds is 1. The van der Waals surface area contributed by atoms with E-state index in [0.717, 1.165) is 6.42 Å². The summed E-state index contributed by atoms with van der Waals surface area (Å²) in [6.45, 7) is 7.80. The van der Waals surface area contributed by atoms with Crippen LogP contribution in [0.4, 0.5) is 4.79 Å². The summed E-state index contributed by atoms with van der Waals surface area (Å²) in [6, 6.07) is 0. The average molecular weight is 132 g/mol. The van der Waals surface area contributed by atoms with Crippen LogP contribution in [0.15, 0.2) is 12.2 Å². The number of carboxylic acid groups (broad SMARTS) is 2. The molecule has 3 nitrogen and oxygen atoms in total. The highest BCUT2D eigenvalue weighted by Gasteiger charge is 1.70. The summed E-state index contributed by atoms with van der Waals surface area (Å²) in [5, 5.41) is 13.9. The Kier molecular flexibility index (Phi) is 8.49. The average Bonchev–Trinajstić information content (AvgIpc) is 1.65. The van der Waals surface area contributed by atoms with Gasteiger partial charge in [0, 0.05) is 0 Å². The summed E-state index contributed by atoms with van der Waals surface area (Å²) in [4.78, 5) is 8.56. The van der Waals surface area contributed by atoms with Crippen molar-refractivity contribution in [2.45, 2.75) is 20.3 Å². The molecule has 0 atom stereocenters. The van der Waals surface area contributed by atoms with Crippen molar-refractivity contribution in [3.8, 4) is 0 Å². The summed E-state index contributed by atoms with van der Waals surface area (Å²) in [5.41, 5.74) is 1.25. The van der Waals surface area contributed by atoms with Gasteiger partial charge in [-0.3, -0.25) is 0 Å². The number of hydrogen-bond donors (Lipinski definition) is 2. The zero-order valence-electron chi connectivity index (χ0n) is 5.72. The van der Waals surface area contributed by atoms with Gasteiger partial charge in [0.2, 0.25) is 0 Å². The Morgan fingerprint density at radius 1 is 1.56 bits per heavy atom. The molecule has 0 spiro atoms. The van der Waals surface area contributed by atoms with Crippen molar-refractivity contribution in [3.05, 3.63) is 12.2 Å². The predicted octanol–water partition coefficient (Wildman–Crippen LogP) is 2.19. The van der Waals surface area contributed by atoms with E-state index in [-0.39, 0.29) is 0 Å². The first kappa shape index (κ1) is 10.9. The minimum atomic E-state index is -1.83. The molecule has 0 aromatic rings. The van der Waals surface area contributed by atoms with Crippen LogP contribution < -0.4 is 0 Å². The molecule has 0 aromatic carbocycles. The van der Waals surface area contributed by atoms with E-state index in [1.54, 1.807) is 0 Å². The van der Waals surface area contributed by atoms with Crippen LogP contribution in [0.5, 0.6) is 0 Å². The topological polar surface area (TPSA) is 57.5 Å². The lowest BCUT2D eigenvalue weighted by molar-refractivity contribution is 0.137. The van der Waals surface area contributed by atoms with Crippen molar-refractivity contribution in [1.82, 2.24) is 0 Å². The van der Waals surface area contributed by atoms with Crippen LogP contribution in [-0.4, -0.2) is 16.4 Å². The maximum atomic E-state index is 8.56. The summed E-state index contributed by atoms with van der Waals surface area (Å²) in [7, 11) is 0. The van der Waals surface area contributed by atoms with Gasteiger partial charge < -0.3 is 10.2 Å². The van der Waals surface area contributed by atoms with Crippen LogP contribution in [0.2, 0.25) is 0 Å². The van der Waals surface area contributed by atoms with E-state index in [4.69, 9.17) is 15.0 Å². The molecule has 0 aliphatic carbocycles. The highest BCUT2D eigenvalue weighted by atomic mass is 16.6. The molecule has 0 amide bonds. The molecule has 0 bridgehead atoms.